The van der Waals surface area contributed by atoms with Crippen LogP contribution in [0.15, 0.2) is 0 Å². The van der Waals surface area contributed by atoms with Gasteiger partial charge in [-0.15, -0.1) is 0 Å². The molecule has 0 unspecified atom stereocenters. The Bertz CT molecular complexity index is 275. The van der Waals surface area contributed by atoms with Gasteiger partial charge in [0.25, 0.3) is 6.26 Å². The monoisotopic (exact) mass is 255 g/mol. The first kappa shape index (κ1) is 16.8. The summed E-state index contributed by atoms with van der Waals surface area (Å²) in [5.41, 5.74) is -0.325. The lowest BCUT2D eigenvalue weighted by Crippen LogP contribution is -2.37. The molecule has 4 nitrogen and oxygen atoms in total. The second kappa shape index (κ2) is 8.79. The van der Waals surface area contributed by atoms with Crippen LogP contribution >= 0.6 is 0 Å². The van der Waals surface area contributed by atoms with Gasteiger partial charge in [0.05, 0.1) is 13.0 Å². The molecule has 0 aromatic carbocycles. The van der Waals surface area contributed by atoms with Gasteiger partial charge in [-0.05, 0) is 32.1 Å². The van der Waals surface area contributed by atoms with E-state index in [1.165, 1.54) is 7.11 Å². The minimum Gasteiger partial charge on any atom is -0.469 e. The first-order valence-electron chi connectivity index (χ1n) is 6.82. The lowest BCUT2D eigenvalue weighted by molar-refractivity contribution is -0.148. The molecule has 1 aliphatic rings. The zero-order valence-electron chi connectivity index (χ0n) is 12.0. The van der Waals surface area contributed by atoms with Crippen molar-refractivity contribution in [3.05, 3.63) is 0 Å². The lowest BCUT2D eigenvalue weighted by Gasteiger charge is -2.36. The molecule has 4 heteroatoms. The molecule has 0 bridgehead atoms. The Labute approximate surface area is 110 Å². The number of methoxy groups -OCH3 is 1. The molecule has 104 valence electrons. The summed E-state index contributed by atoms with van der Waals surface area (Å²) in [7, 11) is 1.42. The summed E-state index contributed by atoms with van der Waals surface area (Å²) in [6, 6.07) is 0. The summed E-state index contributed by atoms with van der Waals surface area (Å²) in [5.74, 6) is -0.153. The average molecular weight is 255 g/mol. The van der Waals surface area contributed by atoms with E-state index in [1.807, 2.05) is 13.8 Å². The van der Waals surface area contributed by atoms with Gasteiger partial charge in [-0.2, -0.15) is 5.26 Å². The van der Waals surface area contributed by atoms with Crippen molar-refractivity contribution in [3.8, 4) is 6.26 Å². The molecular weight excluding hydrogens is 230 g/mol. The van der Waals surface area contributed by atoms with Crippen LogP contribution < -0.4 is 0 Å². The maximum absolute atomic E-state index is 11.4. The Hall–Kier alpha value is -1.24. The average Bonchev–Trinajstić information content (AvgIpc) is 2.42. The number of esters is 1. The number of nitrogens with zero attached hydrogens (tertiary/aromatic N) is 1. The van der Waals surface area contributed by atoms with E-state index < -0.39 is 0 Å². The quantitative estimate of drug-likeness (QED) is 0.570. The zero-order valence-corrected chi connectivity index (χ0v) is 12.0. The molecule has 0 heterocycles. The smallest absolute Gasteiger partial charge is 0.308 e. The summed E-state index contributed by atoms with van der Waals surface area (Å²) in [6.07, 6.45) is 6.74. The molecule has 0 N–H and O–H groups in total. The van der Waals surface area contributed by atoms with Gasteiger partial charge in [0.2, 0.25) is 0 Å². The maximum atomic E-state index is 11.4. The SMILES string of the molecule is CC.CCCC1(OC#N)CCC(C(=O)OC)CC1. The van der Waals surface area contributed by atoms with Gasteiger partial charge >= 0.3 is 5.97 Å². The molecule has 0 aromatic heterocycles. The van der Waals surface area contributed by atoms with E-state index in [1.54, 1.807) is 6.26 Å². The largest absolute Gasteiger partial charge is 0.469 e. The Balaban J connectivity index is 0.00000137. The van der Waals surface area contributed by atoms with Gasteiger partial charge in [0.1, 0.15) is 5.60 Å². The van der Waals surface area contributed by atoms with Crippen LogP contribution in [0.2, 0.25) is 0 Å². The Morgan fingerprint density at radius 2 is 1.94 bits per heavy atom. The highest BCUT2D eigenvalue weighted by Gasteiger charge is 2.39. The van der Waals surface area contributed by atoms with Crippen LogP contribution in [0.25, 0.3) is 0 Å². The maximum Gasteiger partial charge on any atom is 0.308 e. The summed E-state index contributed by atoms with van der Waals surface area (Å²) < 4.78 is 9.96. The Kier molecular flexibility index (Phi) is 8.19. The summed E-state index contributed by atoms with van der Waals surface area (Å²) in [5, 5.41) is 8.67. The lowest BCUT2D eigenvalue weighted by atomic mass is 9.76. The number of hydrogen-bond acceptors (Lipinski definition) is 4. The van der Waals surface area contributed by atoms with Crippen molar-refractivity contribution in [2.75, 3.05) is 7.11 Å². The fourth-order valence-electron chi connectivity index (χ4n) is 2.50. The van der Waals surface area contributed by atoms with Crippen LogP contribution in [-0.4, -0.2) is 18.7 Å². The second-order valence-corrected chi connectivity index (χ2v) is 4.42. The van der Waals surface area contributed by atoms with E-state index in [0.29, 0.717) is 0 Å². The third kappa shape index (κ3) is 4.56. The molecule has 0 radical (unpaired) electrons. The van der Waals surface area contributed by atoms with Gasteiger partial charge in [-0.3, -0.25) is 4.79 Å². The Morgan fingerprint density at radius 3 is 2.33 bits per heavy atom. The number of carbonyl (C=O) groups excluding carboxylic acids is 1. The summed E-state index contributed by atoms with van der Waals surface area (Å²) in [4.78, 5) is 11.4. The van der Waals surface area contributed by atoms with Gasteiger partial charge in [0.15, 0.2) is 0 Å². The van der Waals surface area contributed by atoms with Crippen molar-refractivity contribution in [1.29, 1.82) is 5.26 Å². The zero-order chi connectivity index (χ0) is 14.0. The van der Waals surface area contributed by atoms with E-state index in [0.717, 1.165) is 38.5 Å². The van der Waals surface area contributed by atoms with Crippen LogP contribution in [0.1, 0.15) is 59.3 Å². The molecule has 1 saturated carbocycles. The van der Waals surface area contributed by atoms with Gasteiger partial charge < -0.3 is 9.47 Å². The van der Waals surface area contributed by atoms with Crippen LogP contribution in [0.4, 0.5) is 0 Å². The minimum atomic E-state index is -0.325. The van der Waals surface area contributed by atoms with Crippen molar-refractivity contribution < 1.29 is 14.3 Å². The van der Waals surface area contributed by atoms with E-state index >= 15 is 0 Å². The molecule has 0 spiro atoms. The number of ether oxygens (including phenoxy) is 2. The number of rotatable bonds is 4. The fraction of sp³-hybridized carbons (Fsp3) is 0.857. The third-order valence-corrected chi connectivity index (χ3v) is 3.40. The minimum absolute atomic E-state index is 0.0164. The first-order valence-corrected chi connectivity index (χ1v) is 6.82. The predicted molar refractivity (Wildman–Crippen MR) is 69.7 cm³/mol. The van der Waals surface area contributed by atoms with E-state index in [2.05, 4.69) is 6.92 Å². The molecule has 1 rings (SSSR count). The van der Waals surface area contributed by atoms with Gasteiger partial charge in [-0.25, -0.2) is 0 Å². The predicted octanol–water partition coefficient (Wildman–Crippen LogP) is 3.41. The molecule has 0 amide bonds. The summed E-state index contributed by atoms with van der Waals surface area (Å²) in [6.45, 7) is 6.08. The molecule has 0 aliphatic heterocycles. The number of carbonyl (C=O) groups is 1. The number of nitriles is 1. The van der Waals surface area contributed by atoms with Crippen LogP contribution in [0, 0.1) is 17.4 Å². The van der Waals surface area contributed by atoms with Gasteiger partial charge in [-0.1, -0.05) is 27.2 Å². The number of hydrogen-bond donors (Lipinski definition) is 0. The van der Waals surface area contributed by atoms with E-state index in [9.17, 15) is 4.79 Å². The fourth-order valence-corrected chi connectivity index (χ4v) is 2.50. The summed E-state index contributed by atoms with van der Waals surface area (Å²) >= 11 is 0. The van der Waals surface area contributed by atoms with Crippen LogP contribution in [-0.2, 0) is 14.3 Å². The standard InChI is InChI=1S/C12H19NO3.C2H6/c1-3-6-12(16-9-13)7-4-10(5-8-12)11(14)15-2;1-2/h10H,3-8H2,1-2H3;1-2H3. The van der Waals surface area contributed by atoms with Crippen LogP contribution in [0.5, 0.6) is 0 Å². The van der Waals surface area contributed by atoms with Crippen molar-refractivity contribution >= 4 is 5.97 Å². The highest BCUT2D eigenvalue weighted by molar-refractivity contribution is 5.72. The molecule has 0 atom stereocenters. The third-order valence-electron chi connectivity index (χ3n) is 3.40. The topological polar surface area (TPSA) is 59.3 Å². The Morgan fingerprint density at radius 1 is 1.39 bits per heavy atom. The molecule has 1 aliphatic carbocycles. The highest BCUT2D eigenvalue weighted by Crippen LogP contribution is 2.38. The second-order valence-electron chi connectivity index (χ2n) is 4.42. The van der Waals surface area contributed by atoms with Crippen molar-refractivity contribution in [3.63, 3.8) is 0 Å². The molecule has 0 saturated heterocycles. The molecule has 0 aromatic rings. The highest BCUT2D eigenvalue weighted by atomic mass is 16.5. The molecule has 1 fully saturated rings. The first-order chi connectivity index (χ1) is 8.67. The normalized spacial score (nSPS) is 26.3. The molecule has 18 heavy (non-hydrogen) atoms. The van der Waals surface area contributed by atoms with Crippen molar-refractivity contribution in [1.82, 2.24) is 0 Å². The molecular formula is C14H25NO3. The van der Waals surface area contributed by atoms with E-state index in [4.69, 9.17) is 14.7 Å². The van der Waals surface area contributed by atoms with Crippen molar-refractivity contribution in [2.45, 2.75) is 64.9 Å². The van der Waals surface area contributed by atoms with E-state index in [-0.39, 0.29) is 17.5 Å². The van der Waals surface area contributed by atoms with Gasteiger partial charge in [0, 0.05) is 0 Å². The van der Waals surface area contributed by atoms with Crippen LogP contribution in [0.3, 0.4) is 0 Å². The van der Waals surface area contributed by atoms with Crippen molar-refractivity contribution in [2.24, 2.45) is 5.92 Å².